The maximum Gasteiger partial charge on any atom is 0.414 e. The molecule has 0 aromatic heterocycles. The van der Waals surface area contributed by atoms with E-state index in [9.17, 15) is 9.59 Å². The predicted molar refractivity (Wildman–Crippen MR) is 110 cm³/mol. The number of carbonyl (C=O) groups is 2. The minimum Gasteiger partial charge on any atom is -0.460 e. The number of carbonyl (C=O) groups excluding carboxylic acids is 2. The van der Waals surface area contributed by atoms with Crippen LogP contribution in [0.15, 0.2) is 54.6 Å². The molecule has 150 valence electrons. The maximum absolute atomic E-state index is 12.7. The van der Waals surface area contributed by atoms with E-state index in [0.29, 0.717) is 18.8 Å². The number of ether oxygens (including phenoxy) is 2. The van der Waals surface area contributed by atoms with Gasteiger partial charge in [-0.1, -0.05) is 62.4 Å². The molecule has 2 aromatic carbocycles. The Morgan fingerprint density at radius 2 is 1.57 bits per heavy atom. The van der Waals surface area contributed by atoms with Crippen LogP contribution in [0.5, 0.6) is 0 Å². The van der Waals surface area contributed by atoms with Gasteiger partial charge in [0, 0.05) is 6.54 Å². The van der Waals surface area contributed by atoms with Crippen LogP contribution in [0.1, 0.15) is 44.7 Å². The molecule has 1 atom stereocenters. The van der Waals surface area contributed by atoms with Crippen LogP contribution in [0.3, 0.4) is 0 Å². The van der Waals surface area contributed by atoms with Gasteiger partial charge in [0.1, 0.15) is 6.61 Å². The Morgan fingerprint density at radius 3 is 2.21 bits per heavy atom. The Bertz CT molecular complexity index is 773. The second-order valence-corrected chi connectivity index (χ2v) is 7.08. The minimum absolute atomic E-state index is 0.222. The molecule has 0 N–H and O–H groups in total. The van der Waals surface area contributed by atoms with Gasteiger partial charge >= 0.3 is 12.1 Å². The minimum atomic E-state index is -0.510. The first kappa shape index (κ1) is 21.5. The van der Waals surface area contributed by atoms with Gasteiger partial charge in [-0.3, -0.25) is 9.69 Å². The van der Waals surface area contributed by atoms with Crippen molar-refractivity contribution in [2.75, 3.05) is 18.1 Å². The van der Waals surface area contributed by atoms with E-state index in [1.165, 1.54) is 0 Å². The highest BCUT2D eigenvalue weighted by Crippen LogP contribution is 2.30. The standard InChI is InChI=1S/C23H29NO4/c1-5-27-23(26)24(15-17(2)3)21-14-10-9-13-20(21)18(4)22(25)28-16-19-11-7-6-8-12-19/h6-14,17-18H,5,15-16H2,1-4H3. The van der Waals surface area contributed by atoms with Gasteiger partial charge in [-0.05, 0) is 37.0 Å². The SMILES string of the molecule is CCOC(=O)N(CC(C)C)c1ccccc1C(C)C(=O)OCc1ccccc1. The zero-order chi connectivity index (χ0) is 20.5. The third-order valence-corrected chi connectivity index (χ3v) is 4.31. The van der Waals surface area contributed by atoms with Gasteiger partial charge in [-0.2, -0.15) is 0 Å². The summed E-state index contributed by atoms with van der Waals surface area (Å²) in [5, 5.41) is 0. The number of para-hydroxylation sites is 1. The van der Waals surface area contributed by atoms with Gasteiger partial charge < -0.3 is 9.47 Å². The summed E-state index contributed by atoms with van der Waals surface area (Å²) in [6.45, 7) is 8.66. The smallest absolute Gasteiger partial charge is 0.414 e. The second-order valence-electron chi connectivity index (χ2n) is 7.08. The molecule has 0 heterocycles. The van der Waals surface area contributed by atoms with Crippen LogP contribution in [0, 0.1) is 5.92 Å². The monoisotopic (exact) mass is 383 g/mol. The molecule has 28 heavy (non-hydrogen) atoms. The second kappa shape index (κ2) is 10.5. The molecule has 0 aliphatic rings. The third-order valence-electron chi connectivity index (χ3n) is 4.31. The third kappa shape index (κ3) is 5.84. The van der Waals surface area contributed by atoms with Gasteiger partial charge in [-0.25, -0.2) is 4.79 Å². The summed E-state index contributed by atoms with van der Waals surface area (Å²) in [6, 6.07) is 17.0. The Kier molecular flexibility index (Phi) is 8.05. The van der Waals surface area contributed by atoms with Crippen LogP contribution in [0.25, 0.3) is 0 Å². The molecule has 0 aliphatic heterocycles. The number of benzene rings is 2. The van der Waals surface area contributed by atoms with Gasteiger partial charge in [0.15, 0.2) is 0 Å². The summed E-state index contributed by atoms with van der Waals surface area (Å²) >= 11 is 0. The molecule has 5 nitrogen and oxygen atoms in total. The van der Waals surface area contributed by atoms with Crippen molar-refractivity contribution in [3.05, 3.63) is 65.7 Å². The van der Waals surface area contributed by atoms with Crippen LogP contribution in [0.4, 0.5) is 10.5 Å². The molecule has 2 aromatic rings. The van der Waals surface area contributed by atoms with Crippen LogP contribution >= 0.6 is 0 Å². The molecule has 0 fully saturated rings. The normalized spacial score (nSPS) is 11.8. The predicted octanol–water partition coefficient (Wildman–Crippen LogP) is 5.15. The average Bonchev–Trinajstić information content (AvgIpc) is 2.70. The molecule has 1 unspecified atom stereocenters. The van der Waals surface area contributed by atoms with Crippen molar-refractivity contribution < 1.29 is 19.1 Å². The molecule has 0 radical (unpaired) electrons. The van der Waals surface area contributed by atoms with E-state index in [4.69, 9.17) is 9.47 Å². The van der Waals surface area contributed by atoms with Gasteiger partial charge in [0.05, 0.1) is 18.2 Å². The molecular formula is C23H29NO4. The number of hydrogen-bond acceptors (Lipinski definition) is 4. The molecule has 1 amide bonds. The van der Waals surface area contributed by atoms with E-state index in [1.54, 1.807) is 18.7 Å². The topological polar surface area (TPSA) is 55.8 Å². The van der Waals surface area contributed by atoms with Crippen molar-refractivity contribution in [2.45, 2.75) is 40.2 Å². The highest BCUT2D eigenvalue weighted by Gasteiger charge is 2.26. The van der Waals surface area contributed by atoms with Gasteiger partial charge in [0.25, 0.3) is 0 Å². The van der Waals surface area contributed by atoms with Crippen molar-refractivity contribution in [3.63, 3.8) is 0 Å². The Balaban J connectivity index is 2.22. The summed E-state index contributed by atoms with van der Waals surface area (Å²) in [6.07, 6.45) is -0.409. The van der Waals surface area contributed by atoms with E-state index in [2.05, 4.69) is 0 Å². The maximum atomic E-state index is 12.7. The lowest BCUT2D eigenvalue weighted by molar-refractivity contribution is -0.146. The van der Waals surface area contributed by atoms with Crippen LogP contribution in [-0.2, 0) is 20.9 Å². The number of hydrogen-bond donors (Lipinski definition) is 0. The first-order chi connectivity index (χ1) is 13.4. The Morgan fingerprint density at radius 1 is 0.929 bits per heavy atom. The lowest BCUT2D eigenvalue weighted by Gasteiger charge is -2.27. The number of esters is 1. The zero-order valence-corrected chi connectivity index (χ0v) is 17.1. The molecular weight excluding hydrogens is 354 g/mol. The van der Waals surface area contributed by atoms with Crippen LogP contribution in [-0.4, -0.2) is 25.2 Å². The fourth-order valence-electron chi connectivity index (χ4n) is 2.92. The lowest BCUT2D eigenvalue weighted by Crippen LogP contribution is -2.36. The number of rotatable bonds is 8. The van der Waals surface area contributed by atoms with Crippen molar-refractivity contribution in [1.82, 2.24) is 0 Å². The number of amides is 1. The first-order valence-corrected chi connectivity index (χ1v) is 9.67. The fraction of sp³-hybridized carbons (Fsp3) is 0.391. The Labute approximate surface area is 167 Å². The quantitative estimate of drug-likeness (QED) is 0.591. The van der Waals surface area contributed by atoms with Crippen molar-refractivity contribution >= 4 is 17.7 Å². The van der Waals surface area contributed by atoms with E-state index < -0.39 is 12.0 Å². The molecule has 0 saturated heterocycles. The molecule has 0 bridgehead atoms. The summed E-state index contributed by atoms with van der Waals surface area (Å²) in [5.74, 6) is -0.591. The fourth-order valence-corrected chi connectivity index (χ4v) is 2.92. The van der Waals surface area contributed by atoms with Crippen molar-refractivity contribution in [2.24, 2.45) is 5.92 Å². The molecule has 0 aliphatic carbocycles. The largest absolute Gasteiger partial charge is 0.460 e. The highest BCUT2D eigenvalue weighted by molar-refractivity contribution is 5.91. The average molecular weight is 383 g/mol. The van der Waals surface area contributed by atoms with Crippen molar-refractivity contribution in [3.8, 4) is 0 Å². The van der Waals surface area contributed by atoms with Crippen LogP contribution < -0.4 is 4.90 Å². The van der Waals surface area contributed by atoms with E-state index in [-0.39, 0.29) is 18.5 Å². The molecule has 2 rings (SSSR count). The number of anilines is 1. The first-order valence-electron chi connectivity index (χ1n) is 9.67. The van der Waals surface area contributed by atoms with E-state index >= 15 is 0 Å². The molecule has 0 saturated carbocycles. The summed E-state index contributed by atoms with van der Waals surface area (Å²) in [5.41, 5.74) is 2.36. The Hall–Kier alpha value is -2.82. The number of nitrogens with zero attached hydrogens (tertiary/aromatic N) is 1. The highest BCUT2D eigenvalue weighted by atomic mass is 16.6. The van der Waals surface area contributed by atoms with E-state index in [0.717, 1.165) is 11.1 Å². The molecule has 5 heteroatoms. The van der Waals surface area contributed by atoms with Crippen LogP contribution in [0.2, 0.25) is 0 Å². The lowest BCUT2D eigenvalue weighted by atomic mass is 9.98. The van der Waals surface area contributed by atoms with Gasteiger partial charge in [-0.15, -0.1) is 0 Å². The van der Waals surface area contributed by atoms with E-state index in [1.807, 2.05) is 68.4 Å². The van der Waals surface area contributed by atoms with Gasteiger partial charge in [0.2, 0.25) is 0 Å². The zero-order valence-electron chi connectivity index (χ0n) is 17.1. The summed E-state index contributed by atoms with van der Waals surface area (Å²) in [7, 11) is 0. The summed E-state index contributed by atoms with van der Waals surface area (Å²) in [4.78, 5) is 26.8. The summed E-state index contributed by atoms with van der Waals surface area (Å²) < 4.78 is 10.7. The molecule has 0 spiro atoms. The van der Waals surface area contributed by atoms with Crippen molar-refractivity contribution in [1.29, 1.82) is 0 Å².